The van der Waals surface area contributed by atoms with Crippen molar-refractivity contribution in [3.63, 3.8) is 0 Å². The molecule has 1 heterocycles. The van der Waals surface area contributed by atoms with Crippen molar-refractivity contribution in [2.24, 2.45) is 11.0 Å². The molecule has 0 saturated heterocycles. The molecule has 110 valence electrons. The minimum absolute atomic E-state index is 0.256. The van der Waals surface area contributed by atoms with Gasteiger partial charge in [0.05, 0.1) is 11.7 Å². The van der Waals surface area contributed by atoms with Crippen LogP contribution in [0.15, 0.2) is 71.5 Å². The van der Waals surface area contributed by atoms with E-state index in [0.29, 0.717) is 5.92 Å². The second-order valence-corrected chi connectivity index (χ2v) is 5.55. The number of allylic oxidation sites excluding steroid dienone is 4. The van der Waals surface area contributed by atoms with E-state index in [0.717, 1.165) is 12.1 Å². The van der Waals surface area contributed by atoms with E-state index in [1.54, 1.807) is 0 Å². The first kappa shape index (κ1) is 15.3. The summed E-state index contributed by atoms with van der Waals surface area (Å²) in [5.74, 6) is 0.418. The number of hydrogen-bond donors (Lipinski definition) is 0. The summed E-state index contributed by atoms with van der Waals surface area (Å²) in [5.41, 5.74) is 3.50. The zero-order chi connectivity index (χ0) is 15.2. The van der Waals surface area contributed by atoms with Crippen LogP contribution in [-0.4, -0.2) is 11.2 Å². The first-order chi connectivity index (χ1) is 10.1. The van der Waals surface area contributed by atoms with Gasteiger partial charge in [-0.05, 0) is 24.0 Å². The third-order valence-corrected chi connectivity index (χ3v) is 3.71. The smallest absolute Gasteiger partial charge is 0.0825 e. The van der Waals surface area contributed by atoms with Crippen molar-refractivity contribution in [3.05, 3.63) is 72.0 Å². The number of benzene rings is 1. The largest absolute Gasteiger partial charge is 0.258 e. The zero-order valence-corrected chi connectivity index (χ0v) is 13.2. The molecule has 0 bridgehead atoms. The van der Waals surface area contributed by atoms with Crippen LogP contribution in [0.5, 0.6) is 0 Å². The first-order valence-corrected chi connectivity index (χ1v) is 7.54. The standard InChI is InChI=1S/C19H24N2/c1-5-6-12-18(15(2)3)16(4)21-19(13-14-20-21)17-10-8-7-9-11-17/h5-12,14-15,19H,4,13H2,1-3H3/b6-5-,18-12+. The van der Waals surface area contributed by atoms with E-state index in [2.05, 4.69) is 67.0 Å². The molecule has 1 unspecified atom stereocenters. The van der Waals surface area contributed by atoms with Crippen molar-refractivity contribution in [1.82, 2.24) is 5.01 Å². The first-order valence-electron chi connectivity index (χ1n) is 7.54. The highest BCUT2D eigenvalue weighted by molar-refractivity contribution is 5.61. The van der Waals surface area contributed by atoms with Crippen molar-refractivity contribution in [1.29, 1.82) is 0 Å². The molecule has 0 amide bonds. The highest BCUT2D eigenvalue weighted by Gasteiger charge is 2.26. The van der Waals surface area contributed by atoms with Crippen LogP contribution in [-0.2, 0) is 0 Å². The van der Waals surface area contributed by atoms with Crippen LogP contribution < -0.4 is 0 Å². The average Bonchev–Trinajstić information content (AvgIpc) is 2.97. The molecule has 0 spiro atoms. The molecular formula is C19H24N2. The van der Waals surface area contributed by atoms with Crippen LogP contribution in [0.3, 0.4) is 0 Å². The average molecular weight is 280 g/mol. The molecule has 1 aliphatic heterocycles. The van der Waals surface area contributed by atoms with Gasteiger partial charge in [0.2, 0.25) is 0 Å². The lowest BCUT2D eigenvalue weighted by atomic mass is 9.97. The van der Waals surface area contributed by atoms with Crippen LogP contribution in [0.1, 0.15) is 38.8 Å². The molecule has 1 aliphatic rings. The van der Waals surface area contributed by atoms with Gasteiger partial charge in [0.25, 0.3) is 0 Å². The van der Waals surface area contributed by atoms with Gasteiger partial charge in [-0.3, -0.25) is 5.01 Å². The lowest BCUT2D eigenvalue weighted by molar-refractivity contribution is 0.302. The van der Waals surface area contributed by atoms with Crippen molar-refractivity contribution in [2.45, 2.75) is 33.2 Å². The summed E-state index contributed by atoms with van der Waals surface area (Å²) in [4.78, 5) is 0. The molecule has 0 radical (unpaired) electrons. The van der Waals surface area contributed by atoms with Crippen LogP contribution in [0.25, 0.3) is 0 Å². The number of nitrogens with zero attached hydrogens (tertiary/aromatic N) is 2. The van der Waals surface area contributed by atoms with Crippen LogP contribution >= 0.6 is 0 Å². The van der Waals surface area contributed by atoms with E-state index in [4.69, 9.17) is 0 Å². The Morgan fingerprint density at radius 3 is 2.67 bits per heavy atom. The lowest BCUT2D eigenvalue weighted by Crippen LogP contribution is -2.21. The summed E-state index contributed by atoms with van der Waals surface area (Å²) < 4.78 is 0. The van der Waals surface area contributed by atoms with Gasteiger partial charge in [0.15, 0.2) is 0 Å². The Kier molecular flexibility index (Phi) is 5.15. The molecule has 2 rings (SSSR count). The lowest BCUT2D eigenvalue weighted by Gasteiger charge is -2.28. The molecule has 0 saturated carbocycles. The SMILES string of the molecule is C=C(/C(=C/C=C\C)C(C)C)N1N=CCC1c1ccccc1. The van der Waals surface area contributed by atoms with Crippen LogP contribution in [0.4, 0.5) is 0 Å². The Morgan fingerprint density at radius 2 is 2.05 bits per heavy atom. The fraction of sp³-hybridized carbons (Fsp3) is 0.316. The molecule has 0 fully saturated rings. The molecule has 2 heteroatoms. The van der Waals surface area contributed by atoms with Crippen LogP contribution in [0, 0.1) is 5.92 Å². The highest BCUT2D eigenvalue weighted by atomic mass is 15.5. The second kappa shape index (κ2) is 7.07. The summed E-state index contributed by atoms with van der Waals surface area (Å²) in [5, 5.41) is 6.61. The molecule has 0 aliphatic carbocycles. The van der Waals surface area contributed by atoms with Crippen molar-refractivity contribution in [2.75, 3.05) is 0 Å². The van der Waals surface area contributed by atoms with E-state index in [1.165, 1.54) is 11.1 Å². The third kappa shape index (κ3) is 3.52. The Bertz CT molecular complexity index is 564. The molecule has 0 aromatic heterocycles. The summed E-state index contributed by atoms with van der Waals surface area (Å²) in [7, 11) is 0. The van der Waals surface area contributed by atoms with Crippen molar-refractivity contribution in [3.8, 4) is 0 Å². The minimum Gasteiger partial charge on any atom is -0.258 e. The molecule has 1 aromatic rings. The van der Waals surface area contributed by atoms with Gasteiger partial charge in [-0.15, -0.1) is 0 Å². The summed E-state index contributed by atoms with van der Waals surface area (Å²) >= 11 is 0. The second-order valence-electron chi connectivity index (χ2n) is 5.55. The quantitative estimate of drug-likeness (QED) is 0.686. The summed E-state index contributed by atoms with van der Waals surface area (Å²) in [6.07, 6.45) is 9.16. The van der Waals surface area contributed by atoms with Gasteiger partial charge in [-0.2, -0.15) is 5.10 Å². The normalized spacial score (nSPS) is 19.0. The Hall–Kier alpha value is -2.09. The fourth-order valence-electron chi connectivity index (χ4n) is 2.58. The maximum Gasteiger partial charge on any atom is 0.0825 e. The molecule has 1 aromatic carbocycles. The van der Waals surface area contributed by atoms with Gasteiger partial charge in [0.1, 0.15) is 0 Å². The van der Waals surface area contributed by atoms with E-state index in [1.807, 2.05) is 25.3 Å². The third-order valence-electron chi connectivity index (χ3n) is 3.71. The topological polar surface area (TPSA) is 15.6 Å². The number of hydrazone groups is 1. The zero-order valence-electron chi connectivity index (χ0n) is 13.2. The van der Waals surface area contributed by atoms with E-state index in [-0.39, 0.29) is 6.04 Å². The van der Waals surface area contributed by atoms with Gasteiger partial charge >= 0.3 is 0 Å². The molecule has 2 nitrogen and oxygen atoms in total. The fourth-order valence-corrected chi connectivity index (χ4v) is 2.58. The number of rotatable bonds is 5. The predicted molar refractivity (Wildman–Crippen MR) is 91.0 cm³/mol. The molecule has 1 atom stereocenters. The predicted octanol–water partition coefficient (Wildman–Crippen LogP) is 5.09. The summed E-state index contributed by atoms with van der Waals surface area (Å²) in [6.45, 7) is 10.7. The van der Waals surface area contributed by atoms with Crippen molar-refractivity contribution >= 4 is 6.21 Å². The van der Waals surface area contributed by atoms with Gasteiger partial charge in [-0.25, -0.2) is 0 Å². The molecule has 0 N–H and O–H groups in total. The monoisotopic (exact) mass is 280 g/mol. The van der Waals surface area contributed by atoms with E-state index < -0.39 is 0 Å². The number of hydrogen-bond acceptors (Lipinski definition) is 2. The van der Waals surface area contributed by atoms with E-state index >= 15 is 0 Å². The summed E-state index contributed by atoms with van der Waals surface area (Å²) in [6, 6.07) is 10.8. The van der Waals surface area contributed by atoms with Gasteiger partial charge < -0.3 is 0 Å². The van der Waals surface area contributed by atoms with Gasteiger partial charge in [-0.1, -0.05) is 69.0 Å². The molecular weight excluding hydrogens is 256 g/mol. The minimum atomic E-state index is 0.256. The van der Waals surface area contributed by atoms with Crippen LogP contribution in [0.2, 0.25) is 0 Å². The Balaban J connectivity index is 2.26. The molecule has 21 heavy (non-hydrogen) atoms. The van der Waals surface area contributed by atoms with Crippen molar-refractivity contribution < 1.29 is 0 Å². The Labute approximate surface area is 128 Å². The van der Waals surface area contributed by atoms with Gasteiger partial charge in [0, 0.05) is 12.6 Å². The maximum atomic E-state index is 4.55. The Morgan fingerprint density at radius 1 is 1.33 bits per heavy atom. The maximum absolute atomic E-state index is 4.55. The highest BCUT2D eigenvalue weighted by Crippen LogP contribution is 2.35. The van der Waals surface area contributed by atoms with E-state index in [9.17, 15) is 0 Å².